The maximum Gasteiger partial charge on any atom is 0.294 e. The zero-order valence-electron chi connectivity index (χ0n) is 9.40. The van der Waals surface area contributed by atoms with Gasteiger partial charge in [0.05, 0.1) is 0 Å². The molecule has 0 amide bonds. The average Bonchev–Trinajstić information content (AvgIpc) is 2.16. The Balaban J connectivity index is 3.25. The number of alkyl halides is 2. The molecule has 0 radical (unpaired) electrons. The lowest BCUT2D eigenvalue weighted by Gasteiger charge is -2.18. The van der Waals surface area contributed by atoms with Crippen molar-refractivity contribution in [1.29, 1.82) is 0 Å². The van der Waals surface area contributed by atoms with Gasteiger partial charge in [-0.2, -0.15) is 8.78 Å². The molecule has 2 heteroatoms. The second-order valence-electron chi connectivity index (χ2n) is 3.92. The first-order valence-electron chi connectivity index (χ1n) is 5.02. The predicted molar refractivity (Wildman–Crippen MR) is 59.3 cm³/mol. The molecule has 15 heavy (non-hydrogen) atoms. The summed E-state index contributed by atoms with van der Waals surface area (Å²) in [4.78, 5) is 0. The molecule has 0 unspecified atom stereocenters. The Kier molecular flexibility index (Phi) is 3.28. The molecule has 0 atom stereocenters. The molecular formula is C13H16F2. The number of hydrogen-bond donors (Lipinski definition) is 0. The van der Waals surface area contributed by atoms with E-state index in [-0.39, 0.29) is 11.1 Å². The zero-order valence-corrected chi connectivity index (χ0v) is 9.40. The minimum Gasteiger partial charge on any atom is -0.196 e. The summed E-state index contributed by atoms with van der Waals surface area (Å²) in [6.45, 7) is 8.48. The van der Waals surface area contributed by atoms with Crippen molar-refractivity contribution in [2.75, 3.05) is 0 Å². The zero-order chi connectivity index (χ0) is 11.6. The molecule has 0 saturated heterocycles. The van der Waals surface area contributed by atoms with Crippen LogP contribution >= 0.6 is 0 Å². The van der Waals surface area contributed by atoms with Crippen molar-refractivity contribution in [1.82, 2.24) is 0 Å². The molecule has 1 rings (SSSR count). The number of allylic oxidation sites excluding steroid dienone is 1. The van der Waals surface area contributed by atoms with E-state index in [2.05, 4.69) is 6.58 Å². The van der Waals surface area contributed by atoms with Crippen LogP contribution in [-0.2, 0) is 12.3 Å². The minimum absolute atomic E-state index is 0.0480. The van der Waals surface area contributed by atoms with Gasteiger partial charge in [-0.1, -0.05) is 25.1 Å². The van der Waals surface area contributed by atoms with Crippen molar-refractivity contribution in [2.24, 2.45) is 0 Å². The second kappa shape index (κ2) is 4.13. The summed E-state index contributed by atoms with van der Waals surface area (Å²) in [5.74, 6) is -2.92. The molecule has 0 bridgehead atoms. The standard InChI is InChI=1S/C13H16F2/c1-5-11-6-10(4)7-12(8-11)13(14,15)9(2)3/h6-8H,2,5H2,1,3-4H3. The molecule has 82 valence electrons. The SMILES string of the molecule is C=C(C)C(F)(F)c1cc(C)cc(CC)c1. The highest BCUT2D eigenvalue weighted by molar-refractivity contribution is 5.35. The van der Waals surface area contributed by atoms with E-state index in [4.69, 9.17) is 0 Å². The minimum atomic E-state index is -2.92. The van der Waals surface area contributed by atoms with Crippen LogP contribution in [0.1, 0.15) is 30.5 Å². The summed E-state index contributed by atoms with van der Waals surface area (Å²) in [5.41, 5.74) is 1.73. The number of aryl methyl sites for hydroxylation is 2. The lowest BCUT2D eigenvalue weighted by Crippen LogP contribution is -2.14. The Bertz CT molecular complexity index is 378. The molecule has 0 nitrogen and oxygen atoms in total. The number of rotatable bonds is 3. The predicted octanol–water partition coefficient (Wildman–Crippen LogP) is 4.23. The number of hydrogen-bond acceptors (Lipinski definition) is 0. The van der Waals surface area contributed by atoms with E-state index in [0.29, 0.717) is 0 Å². The van der Waals surface area contributed by atoms with Gasteiger partial charge in [0, 0.05) is 5.56 Å². The van der Waals surface area contributed by atoms with Gasteiger partial charge >= 0.3 is 0 Å². The Morgan fingerprint density at radius 2 is 1.93 bits per heavy atom. The summed E-state index contributed by atoms with van der Waals surface area (Å²) < 4.78 is 27.4. The third kappa shape index (κ3) is 2.44. The van der Waals surface area contributed by atoms with Crippen molar-refractivity contribution < 1.29 is 8.78 Å². The van der Waals surface area contributed by atoms with Crippen LogP contribution in [0.3, 0.4) is 0 Å². The summed E-state index contributed by atoms with van der Waals surface area (Å²) in [5, 5.41) is 0. The van der Waals surface area contributed by atoms with Crippen molar-refractivity contribution in [3.05, 3.63) is 47.0 Å². The lowest BCUT2D eigenvalue weighted by atomic mass is 9.97. The van der Waals surface area contributed by atoms with E-state index in [9.17, 15) is 8.78 Å². The smallest absolute Gasteiger partial charge is 0.196 e. The van der Waals surface area contributed by atoms with Crippen LogP contribution in [0.25, 0.3) is 0 Å². The fourth-order valence-corrected chi connectivity index (χ4v) is 1.49. The highest BCUT2D eigenvalue weighted by atomic mass is 19.3. The van der Waals surface area contributed by atoms with E-state index < -0.39 is 5.92 Å². The van der Waals surface area contributed by atoms with Gasteiger partial charge < -0.3 is 0 Å². The van der Waals surface area contributed by atoms with Gasteiger partial charge in [0.15, 0.2) is 0 Å². The Morgan fingerprint density at radius 3 is 2.40 bits per heavy atom. The molecular weight excluding hydrogens is 194 g/mol. The van der Waals surface area contributed by atoms with Crippen LogP contribution in [0.5, 0.6) is 0 Å². The Labute approximate surface area is 89.6 Å². The number of benzene rings is 1. The fourth-order valence-electron chi connectivity index (χ4n) is 1.49. The maximum atomic E-state index is 13.7. The molecule has 1 aromatic carbocycles. The van der Waals surface area contributed by atoms with Gasteiger partial charge in [0.2, 0.25) is 0 Å². The van der Waals surface area contributed by atoms with E-state index in [1.54, 1.807) is 6.07 Å². The summed E-state index contributed by atoms with van der Waals surface area (Å²) in [7, 11) is 0. The largest absolute Gasteiger partial charge is 0.294 e. The average molecular weight is 210 g/mol. The molecule has 0 heterocycles. The van der Waals surface area contributed by atoms with Gasteiger partial charge in [0.25, 0.3) is 5.92 Å². The Hall–Kier alpha value is -1.18. The first-order chi connectivity index (χ1) is 6.87. The van der Waals surface area contributed by atoms with Crippen LogP contribution in [0.2, 0.25) is 0 Å². The molecule has 0 aliphatic rings. The van der Waals surface area contributed by atoms with Crippen molar-refractivity contribution in [2.45, 2.75) is 33.1 Å². The van der Waals surface area contributed by atoms with Gasteiger partial charge in [-0.15, -0.1) is 0 Å². The van der Waals surface area contributed by atoms with E-state index in [0.717, 1.165) is 17.5 Å². The van der Waals surface area contributed by atoms with Crippen LogP contribution in [0.4, 0.5) is 8.78 Å². The first kappa shape index (κ1) is 11.9. The third-order valence-electron chi connectivity index (χ3n) is 2.44. The molecule has 0 spiro atoms. The molecule has 0 aliphatic carbocycles. The molecule has 0 N–H and O–H groups in total. The maximum absolute atomic E-state index is 13.7. The first-order valence-corrected chi connectivity index (χ1v) is 5.02. The normalized spacial score (nSPS) is 11.5. The summed E-state index contributed by atoms with van der Waals surface area (Å²) in [6, 6.07) is 5.01. The van der Waals surface area contributed by atoms with Crippen molar-refractivity contribution >= 4 is 0 Å². The molecule has 0 fully saturated rings. The van der Waals surface area contributed by atoms with Crippen LogP contribution in [-0.4, -0.2) is 0 Å². The van der Waals surface area contributed by atoms with Gasteiger partial charge in [-0.05, 0) is 43.5 Å². The molecule has 1 aromatic rings. The second-order valence-corrected chi connectivity index (χ2v) is 3.92. The summed E-state index contributed by atoms with van der Waals surface area (Å²) in [6.07, 6.45) is 0.765. The Morgan fingerprint density at radius 1 is 1.33 bits per heavy atom. The van der Waals surface area contributed by atoms with E-state index in [1.807, 2.05) is 19.9 Å². The molecule has 0 aliphatic heterocycles. The van der Waals surface area contributed by atoms with E-state index >= 15 is 0 Å². The molecule has 0 saturated carbocycles. The quantitative estimate of drug-likeness (QED) is 0.655. The van der Waals surface area contributed by atoms with Crippen LogP contribution in [0.15, 0.2) is 30.4 Å². The highest BCUT2D eigenvalue weighted by Gasteiger charge is 2.32. The third-order valence-corrected chi connectivity index (χ3v) is 2.44. The fraction of sp³-hybridized carbons (Fsp3) is 0.385. The van der Waals surface area contributed by atoms with Crippen molar-refractivity contribution in [3.63, 3.8) is 0 Å². The van der Waals surface area contributed by atoms with Gasteiger partial charge in [-0.3, -0.25) is 0 Å². The molecule has 0 aromatic heterocycles. The van der Waals surface area contributed by atoms with Crippen LogP contribution in [0, 0.1) is 6.92 Å². The number of halogens is 2. The van der Waals surface area contributed by atoms with Crippen LogP contribution < -0.4 is 0 Å². The monoisotopic (exact) mass is 210 g/mol. The van der Waals surface area contributed by atoms with E-state index in [1.165, 1.54) is 13.0 Å². The highest BCUT2D eigenvalue weighted by Crippen LogP contribution is 2.35. The van der Waals surface area contributed by atoms with Gasteiger partial charge in [-0.25, -0.2) is 0 Å². The van der Waals surface area contributed by atoms with Crippen molar-refractivity contribution in [3.8, 4) is 0 Å². The lowest BCUT2D eigenvalue weighted by molar-refractivity contribution is 0.0384. The summed E-state index contributed by atoms with van der Waals surface area (Å²) >= 11 is 0. The topological polar surface area (TPSA) is 0 Å². The van der Waals surface area contributed by atoms with Gasteiger partial charge in [0.1, 0.15) is 0 Å².